The number of aliphatic carboxylic acids is 1. The number of carbonyl (C=O) groups is 3. The van der Waals surface area contributed by atoms with Gasteiger partial charge in [0.25, 0.3) is 0 Å². The summed E-state index contributed by atoms with van der Waals surface area (Å²) in [6.45, 7) is 42.3. The van der Waals surface area contributed by atoms with E-state index < -0.39 is 5.97 Å². The SMILES string of the molecule is CCC(C)(CC(C)(C)C)C(=O)NCCCN(C)C.CCC(C)(CC(C)(C)C)C(=O)OCCN(C)C.CCC(CC(C)(C)C)C(=O)O.CCCCCCCCn1ccnn1.CCCCCCCCn1ccnn1.CCCCCCCCn1ccnn1. The molecule has 0 aromatic carbocycles. The second-order valence-electron chi connectivity index (χ2n) is 28.2. The number of nitrogens with zero attached hydrogens (tertiary/aromatic N) is 11. The molecule has 17 nitrogen and oxygen atoms in total. The molecule has 3 heterocycles. The van der Waals surface area contributed by atoms with Gasteiger partial charge in [0, 0.05) is 56.7 Å². The first-order valence-electron chi connectivity index (χ1n) is 33.4. The molecule has 1 amide bonds. The van der Waals surface area contributed by atoms with E-state index in [0.717, 1.165) is 84.2 Å². The predicted octanol–water partition coefficient (Wildman–Crippen LogP) is 16.3. The molecule has 3 rings (SSSR count). The minimum absolute atomic E-state index is 0.0585. The minimum Gasteiger partial charge on any atom is -0.481 e. The third-order valence-electron chi connectivity index (χ3n) is 14.6. The molecule has 0 saturated heterocycles. The summed E-state index contributed by atoms with van der Waals surface area (Å²) in [5.41, 5.74) is -0.142. The van der Waals surface area contributed by atoms with Crippen molar-refractivity contribution in [3.8, 4) is 0 Å². The summed E-state index contributed by atoms with van der Waals surface area (Å²) >= 11 is 0. The van der Waals surface area contributed by atoms with Crippen LogP contribution in [0.5, 0.6) is 0 Å². The molecule has 0 spiro atoms. The average Bonchev–Trinajstić information content (AvgIpc) is 4.40. The van der Waals surface area contributed by atoms with Gasteiger partial charge in [-0.3, -0.25) is 28.4 Å². The molecule has 3 aromatic heterocycles. The number of nitrogens with one attached hydrogen (secondary N) is 1. The molecule has 0 bridgehead atoms. The molecule has 0 aliphatic heterocycles. The van der Waals surface area contributed by atoms with E-state index in [0.29, 0.717) is 6.61 Å². The van der Waals surface area contributed by atoms with Crippen LogP contribution in [-0.2, 0) is 38.8 Å². The highest BCUT2D eigenvalue weighted by molar-refractivity contribution is 5.82. The topological polar surface area (TPSA) is 191 Å². The molecule has 0 aliphatic carbocycles. The van der Waals surface area contributed by atoms with Crippen molar-refractivity contribution in [3.63, 3.8) is 0 Å². The van der Waals surface area contributed by atoms with Crippen molar-refractivity contribution in [1.29, 1.82) is 0 Å². The van der Waals surface area contributed by atoms with Gasteiger partial charge in [0.15, 0.2) is 0 Å². The third-order valence-corrected chi connectivity index (χ3v) is 14.6. The fourth-order valence-corrected chi connectivity index (χ4v) is 9.72. The molecule has 3 unspecified atom stereocenters. The van der Waals surface area contributed by atoms with Crippen LogP contribution in [0.15, 0.2) is 37.2 Å². The Hall–Kier alpha value is -4.25. The third kappa shape index (κ3) is 53.7. The maximum atomic E-state index is 12.3. The van der Waals surface area contributed by atoms with E-state index in [1.165, 1.54) is 116 Å². The largest absolute Gasteiger partial charge is 0.481 e. The fraction of sp³-hybridized carbons (Fsp3) is 0.868. The molecule has 85 heavy (non-hydrogen) atoms. The molecule has 2 N–H and O–H groups in total. The molecule has 3 aromatic rings. The summed E-state index contributed by atoms with van der Waals surface area (Å²) in [7, 11) is 8.05. The van der Waals surface area contributed by atoms with Crippen LogP contribution in [0.4, 0.5) is 0 Å². The Balaban J connectivity index is -0.000000956. The second-order valence-corrected chi connectivity index (χ2v) is 28.2. The number of ether oxygens (including phenoxy) is 1. The van der Waals surface area contributed by atoms with Crippen molar-refractivity contribution in [2.24, 2.45) is 33.0 Å². The quantitative estimate of drug-likeness (QED) is 0.0410. The van der Waals surface area contributed by atoms with Crippen LogP contribution in [0, 0.1) is 33.0 Å². The van der Waals surface area contributed by atoms with Crippen molar-refractivity contribution in [3.05, 3.63) is 37.2 Å². The monoisotopic (exact) mass is 1200 g/mol. The number of amides is 1. The first-order valence-corrected chi connectivity index (χ1v) is 33.4. The first kappa shape index (κ1) is 85.0. The number of hydrogen-bond donors (Lipinski definition) is 2. The lowest BCUT2D eigenvalue weighted by atomic mass is 9.73. The van der Waals surface area contributed by atoms with E-state index in [9.17, 15) is 14.4 Å². The van der Waals surface area contributed by atoms with Crippen molar-refractivity contribution < 1.29 is 24.2 Å². The van der Waals surface area contributed by atoms with Crippen LogP contribution < -0.4 is 5.32 Å². The molecule has 0 saturated carbocycles. The molecule has 0 fully saturated rings. The number of esters is 1. The van der Waals surface area contributed by atoms with Crippen molar-refractivity contribution in [2.75, 3.05) is 54.4 Å². The first-order chi connectivity index (χ1) is 39.9. The molecule has 17 heteroatoms. The number of aromatic nitrogens is 9. The van der Waals surface area contributed by atoms with Crippen LogP contribution in [0.2, 0.25) is 0 Å². The van der Waals surface area contributed by atoms with Crippen LogP contribution in [-0.4, -0.2) is 132 Å². The molecular weight excluding hydrogens is 1060 g/mol. The zero-order valence-electron chi connectivity index (χ0n) is 59.2. The standard InChI is InChI=1S/C15H32N2O.C14H29NO2.3C10H19N3.C9H18O2/c1-8-15(5,12-14(2,3)4)13(18)16-10-9-11-17(6)7;1-8-14(5,11-13(2,3)4)12(16)17-10-9-15(6)7;3*1-2-3-4-5-6-7-9-13-10-8-11-12-13;1-5-7(8(10)11)6-9(2,3)4/h8-12H2,1-7H3,(H,16,18);8-11H2,1-7H3;3*8,10H,2-7,9H2,1H3;7H,5-6H2,1-4H3,(H,10,11). The Morgan fingerprint density at radius 1 is 0.494 bits per heavy atom. The Bertz CT molecular complexity index is 1830. The Morgan fingerprint density at radius 3 is 1.12 bits per heavy atom. The van der Waals surface area contributed by atoms with E-state index in [1.54, 1.807) is 18.6 Å². The van der Waals surface area contributed by atoms with Crippen LogP contribution in [0.3, 0.4) is 0 Å². The van der Waals surface area contributed by atoms with E-state index in [2.05, 4.69) is 159 Å². The second kappa shape index (κ2) is 50.7. The van der Waals surface area contributed by atoms with Gasteiger partial charge in [-0.15, -0.1) is 15.3 Å². The van der Waals surface area contributed by atoms with E-state index in [4.69, 9.17) is 9.84 Å². The number of hydrogen-bond acceptors (Lipinski definition) is 12. The van der Waals surface area contributed by atoms with Gasteiger partial charge >= 0.3 is 11.9 Å². The lowest BCUT2D eigenvalue weighted by Crippen LogP contribution is -2.41. The van der Waals surface area contributed by atoms with E-state index in [-0.39, 0.29) is 44.9 Å². The number of likely N-dealkylation sites (N-methyl/N-ethyl adjacent to an activating group) is 1. The minimum atomic E-state index is -0.664. The van der Waals surface area contributed by atoms with Crippen molar-refractivity contribution >= 4 is 17.8 Å². The Labute approximate surface area is 522 Å². The Morgan fingerprint density at radius 2 is 0.847 bits per heavy atom. The van der Waals surface area contributed by atoms with Gasteiger partial charge in [0.05, 0.1) is 29.9 Å². The number of aryl methyl sites for hydroxylation is 3. The number of carboxylic acid groups (broad SMARTS) is 1. The van der Waals surface area contributed by atoms with Gasteiger partial charge in [-0.1, -0.05) is 223 Å². The van der Waals surface area contributed by atoms with Gasteiger partial charge in [-0.2, -0.15) is 0 Å². The summed E-state index contributed by atoms with van der Waals surface area (Å²) in [6, 6.07) is 0. The predicted molar refractivity (Wildman–Crippen MR) is 356 cm³/mol. The number of rotatable bonds is 37. The molecular formula is C68H136N12O5. The summed E-state index contributed by atoms with van der Waals surface area (Å²) in [6.07, 6.45) is 41.0. The molecule has 0 aliphatic rings. The smallest absolute Gasteiger partial charge is 0.311 e. The summed E-state index contributed by atoms with van der Waals surface area (Å²) in [5, 5.41) is 34.9. The van der Waals surface area contributed by atoms with Gasteiger partial charge in [0.1, 0.15) is 6.61 Å². The van der Waals surface area contributed by atoms with Crippen molar-refractivity contribution in [2.45, 2.75) is 298 Å². The van der Waals surface area contributed by atoms with Crippen LogP contribution in [0.1, 0.15) is 278 Å². The normalized spacial score (nSPS) is 13.2. The summed E-state index contributed by atoms with van der Waals surface area (Å²) < 4.78 is 11.1. The summed E-state index contributed by atoms with van der Waals surface area (Å²) in [4.78, 5) is 39.2. The lowest BCUT2D eigenvalue weighted by molar-refractivity contribution is -0.157. The highest BCUT2D eigenvalue weighted by atomic mass is 16.5. The van der Waals surface area contributed by atoms with Crippen molar-refractivity contribution in [1.82, 2.24) is 60.1 Å². The average molecular weight is 1200 g/mol. The van der Waals surface area contributed by atoms with Gasteiger partial charge in [0.2, 0.25) is 5.91 Å². The fourth-order valence-electron chi connectivity index (χ4n) is 9.72. The van der Waals surface area contributed by atoms with E-state index in [1.807, 2.05) is 65.5 Å². The summed E-state index contributed by atoms with van der Waals surface area (Å²) in [5.74, 6) is -0.687. The van der Waals surface area contributed by atoms with Gasteiger partial charge in [-0.25, -0.2) is 0 Å². The van der Waals surface area contributed by atoms with Crippen LogP contribution in [0.25, 0.3) is 0 Å². The van der Waals surface area contributed by atoms with Gasteiger partial charge in [-0.05, 0) is 122 Å². The maximum absolute atomic E-state index is 12.3. The van der Waals surface area contributed by atoms with Gasteiger partial charge < -0.3 is 25.0 Å². The molecule has 498 valence electrons. The lowest BCUT2D eigenvalue weighted by Gasteiger charge is -2.33. The highest BCUT2D eigenvalue weighted by Gasteiger charge is 2.37. The highest BCUT2D eigenvalue weighted by Crippen LogP contribution is 2.38. The zero-order valence-corrected chi connectivity index (χ0v) is 59.2. The number of unbranched alkanes of at least 4 members (excludes halogenated alkanes) is 15. The zero-order chi connectivity index (χ0) is 65.2. The number of carboxylic acids is 1. The maximum Gasteiger partial charge on any atom is 0.311 e. The number of carbonyl (C=O) groups excluding carboxylic acids is 2. The Kier molecular flexibility index (Phi) is 50.7. The van der Waals surface area contributed by atoms with E-state index >= 15 is 0 Å². The van der Waals surface area contributed by atoms with Crippen LogP contribution >= 0.6 is 0 Å². The molecule has 0 radical (unpaired) electrons. The molecule has 3 atom stereocenters.